The van der Waals surface area contributed by atoms with Gasteiger partial charge in [-0.2, -0.15) is 13.6 Å². The highest BCUT2D eigenvalue weighted by Crippen LogP contribution is 2.66. The molecule has 2 aromatic heterocycles. The van der Waals surface area contributed by atoms with Gasteiger partial charge in [0.15, 0.2) is 23.0 Å². The third-order valence-corrected chi connectivity index (χ3v) is 8.50. The van der Waals surface area contributed by atoms with Gasteiger partial charge >= 0.3 is 23.5 Å². The first-order valence-corrected chi connectivity index (χ1v) is 13.5. The maximum atomic E-state index is 14.1. The third-order valence-electron chi connectivity index (χ3n) is 4.72. The molecule has 1 fully saturated rings. The Morgan fingerprint density at radius 2 is 1.89 bits per heavy atom. The average molecular weight is 569 g/mol. The second-order valence-electron chi connectivity index (χ2n) is 7.44. The predicted octanol–water partition coefficient (Wildman–Crippen LogP) is -1.61. The van der Waals surface area contributed by atoms with Gasteiger partial charge in [0.05, 0.1) is 12.9 Å². The molecule has 6 atom stereocenters. The van der Waals surface area contributed by atoms with Crippen LogP contribution in [-0.2, 0) is 31.6 Å². The van der Waals surface area contributed by atoms with Gasteiger partial charge in [-0.05, 0) is 6.92 Å². The zero-order valence-electron chi connectivity index (χ0n) is 17.2. The fraction of sp³-hybridized carbons (Fsp3) is 0.583. The molecule has 2 aromatic rings. The summed E-state index contributed by atoms with van der Waals surface area (Å²) in [6, 6.07) is 0. The van der Waals surface area contributed by atoms with Crippen molar-refractivity contribution in [2.75, 3.05) is 19.0 Å². The van der Waals surface area contributed by atoms with Gasteiger partial charge in [-0.15, -0.1) is 0 Å². The van der Waals surface area contributed by atoms with Crippen molar-refractivity contribution < 1.29 is 65.8 Å². The molecule has 9 N–H and O–H groups in total. The van der Waals surface area contributed by atoms with E-state index in [1.165, 1.54) is 0 Å². The van der Waals surface area contributed by atoms with E-state index in [0.29, 0.717) is 0 Å². The molecule has 3 heterocycles. The molecule has 35 heavy (non-hydrogen) atoms. The summed E-state index contributed by atoms with van der Waals surface area (Å²) in [6.07, 6.45) is -3.00. The van der Waals surface area contributed by atoms with Crippen molar-refractivity contribution in [3.05, 3.63) is 16.7 Å². The van der Waals surface area contributed by atoms with E-state index in [2.05, 4.69) is 28.1 Å². The first-order valence-electron chi connectivity index (χ1n) is 8.97. The molecule has 6 unspecified atom stereocenters. The molecule has 0 amide bonds. The number of ether oxygens (including phenoxy) is 1. The summed E-state index contributed by atoms with van der Waals surface area (Å²) in [5.41, 5.74) is -0.797. The number of hydrogen-bond acceptors (Lipinski definition) is 13. The highest BCUT2D eigenvalue weighted by atomic mass is 31.3. The first kappa shape index (κ1) is 27.9. The van der Waals surface area contributed by atoms with Crippen LogP contribution in [0.4, 0.5) is 10.3 Å². The van der Waals surface area contributed by atoms with Crippen molar-refractivity contribution in [1.82, 2.24) is 19.5 Å². The lowest BCUT2D eigenvalue weighted by molar-refractivity contribution is -0.135. The Morgan fingerprint density at radius 1 is 1.26 bits per heavy atom. The molecule has 1 aliphatic rings. The van der Waals surface area contributed by atoms with Gasteiger partial charge in [-0.1, -0.05) is 0 Å². The Kier molecular flexibility index (Phi) is 7.22. The van der Waals surface area contributed by atoms with Crippen molar-refractivity contribution in [2.24, 2.45) is 0 Å². The molecule has 23 heteroatoms. The van der Waals surface area contributed by atoms with Crippen molar-refractivity contribution in [3.8, 4) is 0 Å². The Hall–Kier alpha value is -1.63. The summed E-state index contributed by atoms with van der Waals surface area (Å²) in [5, 5.41) is 21.5. The number of aliphatic hydroxyl groups excluding tert-OH is 1. The highest BCUT2D eigenvalue weighted by Gasteiger charge is 2.63. The second kappa shape index (κ2) is 9.04. The van der Waals surface area contributed by atoms with E-state index in [-0.39, 0.29) is 17.1 Å². The number of rotatable bonds is 9. The largest absolute Gasteiger partial charge is 0.490 e. The molecule has 0 radical (unpaired) electrons. The minimum atomic E-state index is -5.87. The van der Waals surface area contributed by atoms with E-state index in [1.807, 2.05) is 0 Å². The van der Waals surface area contributed by atoms with Gasteiger partial charge in [0.1, 0.15) is 18.4 Å². The number of phosphoric acid groups is 3. The van der Waals surface area contributed by atoms with Crippen LogP contribution in [0.15, 0.2) is 11.1 Å². The quantitative estimate of drug-likeness (QED) is 0.158. The Morgan fingerprint density at radius 3 is 2.46 bits per heavy atom. The van der Waals surface area contributed by atoms with Crippen molar-refractivity contribution >= 4 is 40.6 Å². The number of nitrogens with two attached hydrogens (primary N) is 1. The van der Waals surface area contributed by atoms with E-state index < -0.39 is 65.8 Å². The molecule has 198 valence electrons. The summed E-state index contributed by atoms with van der Waals surface area (Å²) >= 11 is 0. The number of nitrogens with zero attached hydrogens (tertiary/aromatic N) is 3. The Bertz CT molecular complexity index is 1330. The Balaban J connectivity index is 1.89. The van der Waals surface area contributed by atoms with Crippen LogP contribution in [0.5, 0.6) is 0 Å². The summed E-state index contributed by atoms with van der Waals surface area (Å²) < 4.78 is 66.1. The number of imidazole rings is 1. The zero-order valence-corrected chi connectivity index (χ0v) is 19.9. The fourth-order valence-electron chi connectivity index (χ4n) is 3.28. The smallest absolute Gasteiger partial charge is 0.387 e. The molecule has 3 rings (SSSR count). The normalized spacial score (nSPS) is 30.9. The van der Waals surface area contributed by atoms with Crippen LogP contribution >= 0.6 is 23.5 Å². The lowest BCUT2D eigenvalue weighted by Crippen LogP contribution is -2.53. The fourth-order valence-corrected chi connectivity index (χ4v) is 6.35. The van der Waals surface area contributed by atoms with Crippen molar-refractivity contribution in [1.29, 1.82) is 0 Å². The standard InChI is InChI=1S/C12H19FN5O14P3/c1-11(21)8(20)12(2-13,3-29-34(25,26)32-35(27,28)31-33(22,23)24)30-9(11)18-4-15-5-6(18)16-10(14)17-7(5)19/h4,8-9,20-21H,2-3H2,1H3,(H,25,26)(H,27,28)(H2,22,23,24)(H3,14,16,17,19). The second-order valence-corrected chi connectivity index (χ2v) is 11.9. The number of aromatic amines is 1. The van der Waals surface area contributed by atoms with Crippen LogP contribution < -0.4 is 11.3 Å². The van der Waals surface area contributed by atoms with Crippen LogP contribution in [0, 0.1) is 0 Å². The molecule has 0 bridgehead atoms. The van der Waals surface area contributed by atoms with Crippen molar-refractivity contribution in [3.63, 3.8) is 0 Å². The van der Waals surface area contributed by atoms with Crippen LogP contribution in [0.1, 0.15) is 13.2 Å². The number of anilines is 1. The SMILES string of the molecule is CC1(O)C(n2cnc3c(=O)[nH]c(N)nc32)OC(CF)(COP(=O)(O)OP(=O)(O)OP(=O)(O)O)C1O. The van der Waals surface area contributed by atoms with E-state index in [9.17, 15) is 42.9 Å². The van der Waals surface area contributed by atoms with E-state index in [1.54, 1.807) is 0 Å². The lowest BCUT2D eigenvalue weighted by Gasteiger charge is -2.31. The lowest BCUT2D eigenvalue weighted by atomic mass is 9.88. The molecule has 0 aliphatic carbocycles. The number of halogens is 1. The highest BCUT2D eigenvalue weighted by molar-refractivity contribution is 7.66. The number of alkyl halides is 1. The third kappa shape index (κ3) is 5.70. The van der Waals surface area contributed by atoms with Crippen LogP contribution in [0.2, 0.25) is 0 Å². The minimum absolute atomic E-state index is 0.244. The number of hydrogen-bond donors (Lipinski definition) is 8. The van der Waals surface area contributed by atoms with E-state index in [0.717, 1.165) is 17.8 Å². The number of phosphoric ester groups is 1. The van der Waals surface area contributed by atoms with Crippen LogP contribution in [-0.4, -0.2) is 79.9 Å². The van der Waals surface area contributed by atoms with Gasteiger partial charge in [-0.25, -0.2) is 23.1 Å². The molecule has 1 aliphatic heterocycles. The van der Waals surface area contributed by atoms with Crippen molar-refractivity contribution in [2.45, 2.75) is 30.5 Å². The molecule has 19 nitrogen and oxygen atoms in total. The number of nitrogens with one attached hydrogen (secondary N) is 1. The molecular weight excluding hydrogens is 550 g/mol. The van der Waals surface area contributed by atoms with Gasteiger partial charge in [-0.3, -0.25) is 18.9 Å². The number of fused-ring (bicyclic) bond motifs is 1. The molecule has 0 saturated carbocycles. The monoisotopic (exact) mass is 569 g/mol. The van der Waals surface area contributed by atoms with E-state index >= 15 is 0 Å². The minimum Gasteiger partial charge on any atom is -0.387 e. The first-order chi connectivity index (χ1) is 15.8. The molecule has 1 saturated heterocycles. The average Bonchev–Trinajstić information content (AvgIpc) is 3.16. The number of aliphatic hydroxyl groups is 2. The summed E-state index contributed by atoms with van der Waals surface area (Å²) in [7, 11) is -17.2. The van der Waals surface area contributed by atoms with Gasteiger partial charge in [0, 0.05) is 0 Å². The zero-order chi connectivity index (χ0) is 26.6. The maximum absolute atomic E-state index is 14.1. The Labute approximate surface area is 192 Å². The van der Waals surface area contributed by atoms with Gasteiger partial charge in [0.2, 0.25) is 5.95 Å². The summed E-state index contributed by atoms with van der Waals surface area (Å²) in [6.45, 7) is -2.11. The molecule has 0 spiro atoms. The van der Waals surface area contributed by atoms with Gasteiger partial charge in [0.25, 0.3) is 5.56 Å². The predicted molar refractivity (Wildman–Crippen MR) is 108 cm³/mol. The molecular formula is C12H19FN5O14P3. The van der Waals surface area contributed by atoms with Crippen LogP contribution in [0.3, 0.4) is 0 Å². The number of H-pyrrole nitrogens is 1. The maximum Gasteiger partial charge on any atom is 0.490 e. The molecule has 0 aromatic carbocycles. The topological polar surface area (TPSA) is 299 Å². The number of nitrogen functional groups attached to an aromatic ring is 1. The number of aromatic nitrogens is 4. The summed E-state index contributed by atoms with van der Waals surface area (Å²) in [4.78, 5) is 57.7. The summed E-state index contributed by atoms with van der Waals surface area (Å²) in [5.74, 6) is -0.355. The van der Waals surface area contributed by atoms with Gasteiger partial charge < -0.3 is 40.3 Å². The van der Waals surface area contributed by atoms with Crippen LogP contribution in [0.25, 0.3) is 11.2 Å². The van der Waals surface area contributed by atoms with E-state index in [4.69, 9.17) is 20.3 Å².